The Morgan fingerprint density at radius 3 is 2.23 bits per heavy atom. The summed E-state index contributed by atoms with van der Waals surface area (Å²) < 4.78 is 16.9. The summed E-state index contributed by atoms with van der Waals surface area (Å²) in [6.45, 7) is 6.18. The molecule has 0 N–H and O–H groups in total. The summed E-state index contributed by atoms with van der Waals surface area (Å²) in [5, 5.41) is 10.4. The Morgan fingerprint density at radius 2 is 1.63 bits per heavy atom. The summed E-state index contributed by atoms with van der Waals surface area (Å²) >= 11 is 0. The van der Waals surface area contributed by atoms with Gasteiger partial charge < -0.3 is 24.1 Å². The fourth-order valence-corrected chi connectivity index (χ4v) is 2.52. The molecule has 2 aromatic carbocycles. The van der Waals surface area contributed by atoms with E-state index < -0.39 is 5.97 Å². The van der Waals surface area contributed by atoms with Crippen molar-refractivity contribution in [3.63, 3.8) is 0 Å². The molecule has 0 aromatic heterocycles. The number of carbonyl (C=O) groups excluding carboxylic acids is 2. The number of hydrogen-bond donors (Lipinski definition) is 0. The van der Waals surface area contributed by atoms with Crippen LogP contribution >= 0.6 is 0 Å². The van der Waals surface area contributed by atoms with Crippen molar-refractivity contribution < 1.29 is 58.5 Å². The van der Waals surface area contributed by atoms with Gasteiger partial charge in [0.15, 0.2) is 5.78 Å². The molecule has 0 atom stereocenters. The molecule has 0 fully saturated rings. The monoisotopic (exact) mass is 418 g/mol. The van der Waals surface area contributed by atoms with E-state index in [-0.39, 0.29) is 35.3 Å². The van der Waals surface area contributed by atoms with Crippen LogP contribution in [0.4, 0.5) is 0 Å². The molecule has 0 spiro atoms. The van der Waals surface area contributed by atoms with E-state index in [0.717, 1.165) is 11.6 Å². The Kier molecular flexibility index (Phi) is 11.6. The maximum Gasteiger partial charge on any atom is 1.00 e. The van der Waals surface area contributed by atoms with Crippen LogP contribution in [0.5, 0.6) is 17.2 Å². The summed E-state index contributed by atoms with van der Waals surface area (Å²) in [4.78, 5) is 22.4. The molecular weight excluding hydrogens is 395 g/mol. The maximum atomic E-state index is 12.0. The standard InChI is InChI=1S/C23H24O6.Na/c1-3-14-28-20-6-4-7-21(23(20)17(2)24)29-16-5-15-27-19-11-8-18(9-12-19)10-13-22(25)26;/h3-4,6-13H,1,5,14-16H2,2H3,(H,25,26);/q;+1/p-1/b13-10+;. The fraction of sp³-hybridized carbons (Fsp3) is 0.217. The van der Waals surface area contributed by atoms with Gasteiger partial charge in [0.1, 0.15) is 29.4 Å². The van der Waals surface area contributed by atoms with Crippen molar-refractivity contribution in [2.45, 2.75) is 13.3 Å². The number of Topliss-reactive ketones (excluding diaryl/α,β-unsaturated/α-hetero) is 1. The Hall–Kier alpha value is -2.54. The van der Waals surface area contributed by atoms with Gasteiger partial charge in [-0.2, -0.15) is 0 Å². The molecule has 30 heavy (non-hydrogen) atoms. The van der Waals surface area contributed by atoms with Gasteiger partial charge in [-0.1, -0.05) is 36.9 Å². The first-order valence-corrected chi connectivity index (χ1v) is 9.13. The molecule has 0 radical (unpaired) electrons. The smallest absolute Gasteiger partial charge is 0.545 e. The van der Waals surface area contributed by atoms with Crippen LogP contribution in [0.15, 0.2) is 61.2 Å². The minimum absolute atomic E-state index is 0. The summed E-state index contributed by atoms with van der Waals surface area (Å²) in [7, 11) is 0. The van der Waals surface area contributed by atoms with Gasteiger partial charge in [-0.3, -0.25) is 4.79 Å². The molecule has 152 valence electrons. The molecular formula is C23H23NaO6. The third kappa shape index (κ3) is 8.45. The first kappa shape index (κ1) is 25.5. The van der Waals surface area contributed by atoms with Crippen LogP contribution in [0.3, 0.4) is 0 Å². The van der Waals surface area contributed by atoms with Gasteiger partial charge in [0.05, 0.1) is 19.2 Å². The fourth-order valence-electron chi connectivity index (χ4n) is 2.52. The summed E-state index contributed by atoms with van der Waals surface area (Å²) in [6, 6.07) is 12.2. The van der Waals surface area contributed by atoms with Gasteiger partial charge in [0.25, 0.3) is 0 Å². The van der Waals surface area contributed by atoms with E-state index in [4.69, 9.17) is 14.2 Å². The van der Waals surface area contributed by atoms with Crippen molar-refractivity contribution in [3.05, 3.63) is 72.3 Å². The van der Waals surface area contributed by atoms with Crippen LogP contribution < -0.4 is 48.9 Å². The predicted octanol–water partition coefficient (Wildman–Crippen LogP) is 0.0690. The number of carbonyl (C=O) groups is 2. The molecule has 0 saturated carbocycles. The molecule has 0 unspecified atom stereocenters. The minimum Gasteiger partial charge on any atom is -0.545 e. The molecule has 0 saturated heterocycles. The topological polar surface area (TPSA) is 84.9 Å². The number of ketones is 1. The first-order valence-electron chi connectivity index (χ1n) is 9.13. The second-order valence-electron chi connectivity index (χ2n) is 6.06. The third-order valence-electron chi connectivity index (χ3n) is 3.80. The van der Waals surface area contributed by atoms with Crippen molar-refractivity contribution in [3.8, 4) is 17.2 Å². The summed E-state index contributed by atoms with van der Waals surface area (Å²) in [5.74, 6) is 0.238. The summed E-state index contributed by atoms with van der Waals surface area (Å²) in [6.07, 6.45) is 4.65. The van der Waals surface area contributed by atoms with E-state index in [1.807, 2.05) is 0 Å². The number of carboxylic acids is 1. The number of hydrogen-bond acceptors (Lipinski definition) is 6. The molecule has 0 aliphatic carbocycles. The van der Waals surface area contributed by atoms with Crippen LogP contribution in [-0.4, -0.2) is 31.6 Å². The maximum absolute atomic E-state index is 12.0. The van der Waals surface area contributed by atoms with Gasteiger partial charge in [0, 0.05) is 6.42 Å². The van der Waals surface area contributed by atoms with Crippen LogP contribution in [0, 0.1) is 0 Å². The number of rotatable bonds is 12. The average molecular weight is 418 g/mol. The van der Waals surface area contributed by atoms with Crippen LogP contribution in [0.1, 0.15) is 29.3 Å². The second-order valence-corrected chi connectivity index (χ2v) is 6.06. The van der Waals surface area contributed by atoms with Crippen molar-refractivity contribution in [2.75, 3.05) is 19.8 Å². The Balaban J connectivity index is 0.00000450. The first-order chi connectivity index (χ1) is 14.0. The number of ether oxygens (including phenoxy) is 3. The number of benzene rings is 2. The largest absolute Gasteiger partial charge is 1.00 e. The van der Waals surface area contributed by atoms with Crippen LogP contribution in [0.25, 0.3) is 6.08 Å². The number of aliphatic carboxylic acids is 1. The molecule has 0 bridgehead atoms. The van der Waals surface area contributed by atoms with Gasteiger partial charge in [0.2, 0.25) is 0 Å². The molecule has 2 aromatic rings. The zero-order valence-electron chi connectivity index (χ0n) is 17.3. The summed E-state index contributed by atoms with van der Waals surface area (Å²) in [5.41, 5.74) is 1.15. The molecule has 6 nitrogen and oxygen atoms in total. The predicted molar refractivity (Wildman–Crippen MR) is 108 cm³/mol. The van der Waals surface area contributed by atoms with Crippen LogP contribution in [-0.2, 0) is 4.79 Å². The zero-order chi connectivity index (χ0) is 21.1. The van der Waals surface area contributed by atoms with Crippen molar-refractivity contribution >= 4 is 17.8 Å². The Labute approximate surface area is 198 Å². The normalized spacial score (nSPS) is 10.2. The Bertz CT molecular complexity index is 874. The molecule has 0 heterocycles. The van der Waals surface area contributed by atoms with E-state index in [1.165, 1.54) is 13.0 Å². The van der Waals surface area contributed by atoms with E-state index in [1.54, 1.807) is 48.5 Å². The quantitative estimate of drug-likeness (QED) is 0.159. The van der Waals surface area contributed by atoms with E-state index in [9.17, 15) is 14.7 Å². The van der Waals surface area contributed by atoms with Gasteiger partial charge in [-0.15, -0.1) is 0 Å². The Morgan fingerprint density at radius 1 is 1.00 bits per heavy atom. The second kappa shape index (κ2) is 13.6. The molecule has 7 heteroatoms. The molecule has 0 aliphatic rings. The third-order valence-corrected chi connectivity index (χ3v) is 3.80. The molecule has 0 amide bonds. The average Bonchev–Trinajstić information content (AvgIpc) is 2.71. The van der Waals surface area contributed by atoms with E-state index >= 15 is 0 Å². The van der Waals surface area contributed by atoms with Crippen LogP contribution in [0.2, 0.25) is 0 Å². The molecule has 0 aliphatic heterocycles. The van der Waals surface area contributed by atoms with Crippen molar-refractivity contribution in [1.29, 1.82) is 0 Å². The van der Waals surface area contributed by atoms with E-state index in [2.05, 4.69) is 6.58 Å². The van der Waals surface area contributed by atoms with Gasteiger partial charge in [-0.05, 0) is 42.8 Å². The van der Waals surface area contributed by atoms with Gasteiger partial charge >= 0.3 is 29.6 Å². The van der Waals surface area contributed by atoms with Gasteiger partial charge in [-0.25, -0.2) is 0 Å². The zero-order valence-corrected chi connectivity index (χ0v) is 19.3. The molecule has 2 rings (SSSR count). The minimum atomic E-state index is -1.24. The SMILES string of the molecule is C=CCOc1cccc(OCCCOc2ccc(/C=C/C(=O)[O-])cc2)c1C(C)=O.[Na+]. The van der Waals surface area contributed by atoms with E-state index in [0.29, 0.717) is 49.1 Å². The van der Waals surface area contributed by atoms with Crippen molar-refractivity contribution in [1.82, 2.24) is 0 Å². The van der Waals surface area contributed by atoms with Crippen molar-refractivity contribution in [2.24, 2.45) is 0 Å². The number of carboxylic acid groups (broad SMARTS) is 1.